The second-order valence-electron chi connectivity index (χ2n) is 5.59. The molecule has 1 unspecified atom stereocenters. The van der Waals surface area contributed by atoms with Crippen molar-refractivity contribution in [2.45, 2.75) is 52.4 Å². The summed E-state index contributed by atoms with van der Waals surface area (Å²) < 4.78 is 5.08. The van der Waals surface area contributed by atoms with Crippen molar-refractivity contribution >= 4 is 0 Å². The molecule has 0 heterocycles. The Morgan fingerprint density at radius 1 is 1.31 bits per heavy atom. The fourth-order valence-corrected chi connectivity index (χ4v) is 2.99. The maximum atomic E-state index is 5.08. The molecule has 2 heteroatoms. The van der Waals surface area contributed by atoms with Crippen LogP contribution >= 0.6 is 0 Å². The van der Waals surface area contributed by atoms with Gasteiger partial charge >= 0.3 is 0 Å². The normalized spacial score (nSPS) is 21.2. The van der Waals surface area contributed by atoms with Gasteiger partial charge in [0.25, 0.3) is 0 Å². The molecule has 0 aromatic carbocycles. The number of hydrogen-bond acceptors (Lipinski definition) is 2. The summed E-state index contributed by atoms with van der Waals surface area (Å²) in [5.74, 6) is 0.877. The van der Waals surface area contributed by atoms with E-state index in [0.29, 0.717) is 5.41 Å². The van der Waals surface area contributed by atoms with E-state index in [1.807, 2.05) is 0 Å². The zero-order valence-corrected chi connectivity index (χ0v) is 11.3. The van der Waals surface area contributed by atoms with Gasteiger partial charge in [0.05, 0.1) is 6.61 Å². The van der Waals surface area contributed by atoms with Gasteiger partial charge in [0, 0.05) is 20.2 Å². The minimum absolute atomic E-state index is 0.600. The van der Waals surface area contributed by atoms with Crippen LogP contribution in [0.25, 0.3) is 0 Å². The lowest BCUT2D eigenvalue weighted by Gasteiger charge is -2.32. The van der Waals surface area contributed by atoms with E-state index in [1.165, 1.54) is 45.1 Å². The fourth-order valence-electron chi connectivity index (χ4n) is 2.99. The Bertz CT molecular complexity index is 176. The van der Waals surface area contributed by atoms with E-state index >= 15 is 0 Å². The Kier molecular flexibility index (Phi) is 6.37. The van der Waals surface area contributed by atoms with E-state index in [9.17, 15) is 0 Å². The van der Waals surface area contributed by atoms with Crippen molar-refractivity contribution < 1.29 is 4.74 Å². The SMILES string of the molecule is CCC(C)CC1(CNCCOC)CCCC1. The molecular weight excluding hydrogens is 198 g/mol. The minimum atomic E-state index is 0.600. The van der Waals surface area contributed by atoms with Crippen molar-refractivity contribution in [1.29, 1.82) is 0 Å². The van der Waals surface area contributed by atoms with Gasteiger partial charge in [-0.05, 0) is 30.6 Å². The van der Waals surface area contributed by atoms with Gasteiger partial charge in [0.2, 0.25) is 0 Å². The van der Waals surface area contributed by atoms with Crippen LogP contribution in [0.2, 0.25) is 0 Å². The molecule has 0 radical (unpaired) electrons. The summed E-state index contributed by atoms with van der Waals surface area (Å²) in [6, 6.07) is 0. The zero-order chi connectivity index (χ0) is 11.9. The van der Waals surface area contributed by atoms with Gasteiger partial charge in [0.1, 0.15) is 0 Å². The van der Waals surface area contributed by atoms with Crippen molar-refractivity contribution in [2.24, 2.45) is 11.3 Å². The van der Waals surface area contributed by atoms with Gasteiger partial charge in [0.15, 0.2) is 0 Å². The molecule has 1 atom stereocenters. The van der Waals surface area contributed by atoms with E-state index in [1.54, 1.807) is 7.11 Å². The van der Waals surface area contributed by atoms with Crippen LogP contribution in [0.4, 0.5) is 0 Å². The van der Waals surface area contributed by atoms with E-state index < -0.39 is 0 Å². The molecule has 16 heavy (non-hydrogen) atoms. The number of hydrogen-bond donors (Lipinski definition) is 1. The van der Waals surface area contributed by atoms with E-state index in [4.69, 9.17) is 4.74 Å². The second kappa shape index (κ2) is 7.29. The number of rotatable bonds is 8. The van der Waals surface area contributed by atoms with Crippen LogP contribution in [0.15, 0.2) is 0 Å². The first-order chi connectivity index (χ1) is 7.72. The molecule has 0 aliphatic heterocycles. The van der Waals surface area contributed by atoms with Crippen LogP contribution in [0.3, 0.4) is 0 Å². The first-order valence-corrected chi connectivity index (χ1v) is 6.92. The smallest absolute Gasteiger partial charge is 0.0587 e. The number of ether oxygens (including phenoxy) is 1. The predicted molar refractivity (Wildman–Crippen MR) is 69.7 cm³/mol. The van der Waals surface area contributed by atoms with Crippen molar-refractivity contribution in [1.82, 2.24) is 5.32 Å². The molecule has 1 rings (SSSR count). The Balaban J connectivity index is 2.33. The average molecular weight is 227 g/mol. The lowest BCUT2D eigenvalue weighted by Crippen LogP contribution is -2.35. The molecule has 96 valence electrons. The summed E-state index contributed by atoms with van der Waals surface area (Å²) in [6.07, 6.45) is 8.45. The summed E-state index contributed by atoms with van der Waals surface area (Å²) in [7, 11) is 1.77. The van der Waals surface area contributed by atoms with Crippen LogP contribution in [0.5, 0.6) is 0 Å². The highest BCUT2D eigenvalue weighted by atomic mass is 16.5. The highest BCUT2D eigenvalue weighted by Gasteiger charge is 2.34. The summed E-state index contributed by atoms with van der Waals surface area (Å²) in [5, 5.41) is 3.57. The molecule has 1 N–H and O–H groups in total. The van der Waals surface area contributed by atoms with Crippen molar-refractivity contribution in [3.8, 4) is 0 Å². The molecule has 0 aromatic rings. The summed E-state index contributed by atoms with van der Waals surface area (Å²) >= 11 is 0. The lowest BCUT2D eigenvalue weighted by atomic mass is 9.77. The molecule has 1 aliphatic rings. The van der Waals surface area contributed by atoms with Gasteiger partial charge in [-0.1, -0.05) is 33.1 Å². The average Bonchev–Trinajstić information content (AvgIpc) is 2.73. The third-order valence-electron chi connectivity index (χ3n) is 4.13. The quantitative estimate of drug-likeness (QED) is 0.643. The maximum Gasteiger partial charge on any atom is 0.0587 e. The van der Waals surface area contributed by atoms with Crippen molar-refractivity contribution in [3.63, 3.8) is 0 Å². The van der Waals surface area contributed by atoms with Crippen LogP contribution in [0.1, 0.15) is 52.4 Å². The Labute approximate surface area is 101 Å². The van der Waals surface area contributed by atoms with Crippen LogP contribution in [-0.4, -0.2) is 26.8 Å². The second-order valence-corrected chi connectivity index (χ2v) is 5.59. The van der Waals surface area contributed by atoms with Gasteiger partial charge in [-0.2, -0.15) is 0 Å². The van der Waals surface area contributed by atoms with E-state index in [0.717, 1.165) is 19.1 Å². The monoisotopic (exact) mass is 227 g/mol. The van der Waals surface area contributed by atoms with E-state index in [2.05, 4.69) is 19.2 Å². The molecule has 1 saturated carbocycles. The minimum Gasteiger partial charge on any atom is -0.383 e. The molecule has 0 bridgehead atoms. The first kappa shape index (κ1) is 14.0. The molecule has 1 fully saturated rings. The molecule has 0 saturated heterocycles. The van der Waals surface area contributed by atoms with Crippen LogP contribution < -0.4 is 5.32 Å². The van der Waals surface area contributed by atoms with Gasteiger partial charge in [-0.25, -0.2) is 0 Å². The number of methoxy groups -OCH3 is 1. The largest absolute Gasteiger partial charge is 0.383 e. The standard InChI is InChI=1S/C14H29NO/c1-4-13(2)11-14(7-5-6-8-14)12-15-9-10-16-3/h13,15H,4-12H2,1-3H3. The maximum absolute atomic E-state index is 5.08. The molecular formula is C14H29NO. The molecule has 0 aromatic heterocycles. The summed E-state index contributed by atoms with van der Waals surface area (Å²) in [6.45, 7) is 7.74. The highest BCUT2D eigenvalue weighted by Crippen LogP contribution is 2.43. The molecule has 0 amide bonds. The van der Waals surface area contributed by atoms with E-state index in [-0.39, 0.29) is 0 Å². The molecule has 2 nitrogen and oxygen atoms in total. The zero-order valence-electron chi connectivity index (χ0n) is 11.3. The lowest BCUT2D eigenvalue weighted by molar-refractivity contribution is 0.179. The van der Waals surface area contributed by atoms with Crippen molar-refractivity contribution in [3.05, 3.63) is 0 Å². The molecule has 0 spiro atoms. The Morgan fingerprint density at radius 2 is 2.00 bits per heavy atom. The van der Waals surface area contributed by atoms with Crippen molar-refractivity contribution in [2.75, 3.05) is 26.8 Å². The Hall–Kier alpha value is -0.0800. The third kappa shape index (κ3) is 4.42. The van der Waals surface area contributed by atoms with Crippen LogP contribution in [0, 0.1) is 11.3 Å². The van der Waals surface area contributed by atoms with Gasteiger partial charge in [-0.15, -0.1) is 0 Å². The number of nitrogens with one attached hydrogen (secondary N) is 1. The first-order valence-electron chi connectivity index (χ1n) is 6.92. The fraction of sp³-hybridized carbons (Fsp3) is 1.00. The topological polar surface area (TPSA) is 21.3 Å². The summed E-state index contributed by atoms with van der Waals surface area (Å²) in [5.41, 5.74) is 0.600. The Morgan fingerprint density at radius 3 is 2.56 bits per heavy atom. The summed E-state index contributed by atoms with van der Waals surface area (Å²) in [4.78, 5) is 0. The highest BCUT2D eigenvalue weighted by molar-refractivity contribution is 4.87. The van der Waals surface area contributed by atoms with Gasteiger partial charge < -0.3 is 10.1 Å². The van der Waals surface area contributed by atoms with Crippen LogP contribution in [-0.2, 0) is 4.74 Å². The van der Waals surface area contributed by atoms with Gasteiger partial charge in [-0.3, -0.25) is 0 Å². The predicted octanol–water partition coefficient (Wildman–Crippen LogP) is 3.22. The third-order valence-corrected chi connectivity index (χ3v) is 4.13. The molecule has 1 aliphatic carbocycles.